The second-order valence-corrected chi connectivity index (χ2v) is 7.33. The average molecular weight is 305 g/mol. The molecule has 1 aliphatic carbocycles. The number of nitrogens with one attached hydrogen (secondary N) is 1. The average Bonchev–Trinajstić information content (AvgIpc) is 3.00. The van der Waals surface area contributed by atoms with Crippen LogP contribution < -0.4 is 5.32 Å². The zero-order valence-corrected chi connectivity index (χ0v) is 13.0. The van der Waals surface area contributed by atoms with E-state index in [2.05, 4.69) is 5.32 Å². The lowest BCUT2D eigenvalue weighted by molar-refractivity contribution is 0.00772. The van der Waals surface area contributed by atoms with Crippen LogP contribution in [0.1, 0.15) is 33.6 Å². The van der Waals surface area contributed by atoms with Gasteiger partial charge in [0.25, 0.3) is 5.91 Å². The largest absolute Gasteiger partial charge is 0.335 e. The zero-order chi connectivity index (χ0) is 14.6. The molecule has 1 N–H and O–H groups in total. The molecule has 2 saturated heterocycles. The molecule has 3 aliphatic rings. The Morgan fingerprint density at radius 1 is 1.33 bits per heavy atom. The number of urea groups is 1. The van der Waals surface area contributed by atoms with Crippen molar-refractivity contribution in [3.63, 3.8) is 0 Å². The summed E-state index contributed by atoms with van der Waals surface area (Å²) in [6.07, 6.45) is 4.60. The lowest BCUT2D eigenvalue weighted by Crippen LogP contribution is -2.70. The molecule has 0 saturated carbocycles. The maximum atomic E-state index is 12.7. The first kappa shape index (κ1) is 13.1. The van der Waals surface area contributed by atoms with Crippen LogP contribution in [0.5, 0.6) is 0 Å². The number of likely N-dealkylation sites (N-methyl/N-ethyl adjacent to an activating group) is 1. The van der Waals surface area contributed by atoms with Crippen LogP contribution in [0.2, 0.25) is 0 Å². The van der Waals surface area contributed by atoms with Gasteiger partial charge in [0.1, 0.15) is 0 Å². The standard InChI is InChI=1S/C15H19N3O2S/c1-17-14(20)16-7-15(17)8-18(9-15)13(19)11-6-21-12-5-3-2-4-10(11)12/h6H,2-5,7-9H2,1H3,(H,16,20). The van der Waals surface area contributed by atoms with Crippen molar-refractivity contribution in [2.24, 2.45) is 0 Å². The van der Waals surface area contributed by atoms with Crippen molar-refractivity contribution < 1.29 is 9.59 Å². The van der Waals surface area contributed by atoms with Crippen LogP contribution in [0.15, 0.2) is 5.38 Å². The van der Waals surface area contributed by atoms with Gasteiger partial charge in [-0.1, -0.05) is 0 Å². The summed E-state index contributed by atoms with van der Waals surface area (Å²) in [6.45, 7) is 1.94. The van der Waals surface area contributed by atoms with E-state index in [4.69, 9.17) is 0 Å². The Morgan fingerprint density at radius 2 is 2.10 bits per heavy atom. The van der Waals surface area contributed by atoms with Gasteiger partial charge in [-0.05, 0) is 31.2 Å². The van der Waals surface area contributed by atoms with Crippen molar-refractivity contribution in [1.82, 2.24) is 15.1 Å². The molecule has 0 bridgehead atoms. The number of amides is 3. The van der Waals surface area contributed by atoms with Crippen LogP contribution in [0.3, 0.4) is 0 Å². The Hall–Kier alpha value is -1.56. The van der Waals surface area contributed by atoms with Crippen molar-refractivity contribution in [2.45, 2.75) is 31.2 Å². The summed E-state index contributed by atoms with van der Waals surface area (Å²) in [6, 6.07) is -0.0324. The summed E-state index contributed by atoms with van der Waals surface area (Å²) in [7, 11) is 1.82. The third kappa shape index (κ3) is 1.81. The van der Waals surface area contributed by atoms with Crippen molar-refractivity contribution >= 4 is 23.3 Å². The topological polar surface area (TPSA) is 52.7 Å². The number of rotatable bonds is 1. The number of carbonyl (C=O) groups excluding carboxylic acids is 2. The third-order valence-electron chi connectivity index (χ3n) is 5.13. The quantitative estimate of drug-likeness (QED) is 0.854. The lowest BCUT2D eigenvalue weighted by atomic mass is 9.88. The molecule has 6 heteroatoms. The van der Waals surface area contributed by atoms with Crippen molar-refractivity contribution in [3.8, 4) is 0 Å². The Kier molecular flexibility index (Phi) is 2.79. The minimum atomic E-state index is -0.178. The number of nitrogens with zero attached hydrogens (tertiary/aromatic N) is 2. The molecule has 0 aromatic carbocycles. The highest BCUT2D eigenvalue weighted by Gasteiger charge is 2.53. The fourth-order valence-corrected chi connectivity index (χ4v) is 4.79. The van der Waals surface area contributed by atoms with E-state index >= 15 is 0 Å². The van der Waals surface area contributed by atoms with E-state index in [0.29, 0.717) is 19.6 Å². The predicted molar refractivity (Wildman–Crippen MR) is 80.8 cm³/mol. The molecule has 0 radical (unpaired) electrons. The van der Waals surface area contributed by atoms with Crippen LogP contribution in [-0.2, 0) is 12.8 Å². The zero-order valence-electron chi connectivity index (χ0n) is 12.1. The summed E-state index contributed by atoms with van der Waals surface area (Å²) in [4.78, 5) is 29.3. The van der Waals surface area contributed by atoms with Gasteiger partial charge in [0.05, 0.1) is 11.1 Å². The number of carbonyl (C=O) groups is 2. The van der Waals surface area contributed by atoms with Gasteiger partial charge in [0.15, 0.2) is 0 Å². The normalized spacial score (nSPS) is 23.0. The summed E-state index contributed by atoms with van der Waals surface area (Å²) in [5.41, 5.74) is 2.01. The molecule has 2 fully saturated rings. The van der Waals surface area contributed by atoms with Crippen LogP contribution in [0.4, 0.5) is 4.79 Å². The highest BCUT2D eigenvalue weighted by atomic mass is 32.1. The fraction of sp³-hybridized carbons (Fsp3) is 0.600. The van der Waals surface area contributed by atoms with Gasteiger partial charge in [-0.15, -0.1) is 11.3 Å². The SMILES string of the molecule is CN1C(=O)NCC12CN(C(=O)c1csc3c1CCCC3)C2. The molecule has 21 heavy (non-hydrogen) atoms. The van der Waals surface area contributed by atoms with Crippen LogP contribution >= 0.6 is 11.3 Å². The van der Waals surface area contributed by atoms with E-state index < -0.39 is 0 Å². The number of thiophene rings is 1. The van der Waals surface area contributed by atoms with Gasteiger partial charge in [0.2, 0.25) is 0 Å². The van der Waals surface area contributed by atoms with Crippen molar-refractivity contribution in [3.05, 3.63) is 21.4 Å². The molecule has 3 heterocycles. The molecule has 1 aromatic heterocycles. The Bertz CT molecular complexity index is 618. The van der Waals surface area contributed by atoms with Crippen LogP contribution in [-0.4, -0.2) is 54.0 Å². The van der Waals surface area contributed by atoms with Crippen molar-refractivity contribution in [2.75, 3.05) is 26.7 Å². The van der Waals surface area contributed by atoms with E-state index in [0.717, 1.165) is 18.4 Å². The first-order valence-corrected chi connectivity index (χ1v) is 8.39. The van der Waals surface area contributed by atoms with Gasteiger partial charge in [-0.2, -0.15) is 0 Å². The minimum Gasteiger partial charge on any atom is -0.335 e. The van der Waals surface area contributed by atoms with Gasteiger partial charge in [-0.3, -0.25) is 4.79 Å². The molecule has 0 unspecified atom stereocenters. The minimum absolute atomic E-state index is 0.0324. The molecule has 0 atom stereocenters. The molecule has 1 aromatic rings. The van der Waals surface area contributed by atoms with Gasteiger partial charge in [-0.25, -0.2) is 4.79 Å². The van der Waals surface area contributed by atoms with Crippen molar-refractivity contribution in [1.29, 1.82) is 0 Å². The fourth-order valence-electron chi connectivity index (χ4n) is 3.67. The first-order valence-electron chi connectivity index (χ1n) is 7.51. The Morgan fingerprint density at radius 3 is 2.81 bits per heavy atom. The van der Waals surface area contributed by atoms with Crippen LogP contribution in [0.25, 0.3) is 0 Å². The van der Waals surface area contributed by atoms with E-state index in [1.807, 2.05) is 17.3 Å². The summed E-state index contributed by atoms with van der Waals surface area (Å²) >= 11 is 1.73. The highest BCUT2D eigenvalue weighted by Crippen LogP contribution is 2.35. The second kappa shape index (κ2) is 4.47. The van der Waals surface area contributed by atoms with E-state index in [1.54, 1.807) is 16.2 Å². The number of aryl methyl sites for hydroxylation is 1. The number of hydrogen-bond donors (Lipinski definition) is 1. The number of hydrogen-bond acceptors (Lipinski definition) is 3. The molecular formula is C15H19N3O2S. The van der Waals surface area contributed by atoms with E-state index in [9.17, 15) is 9.59 Å². The molecule has 5 nitrogen and oxygen atoms in total. The van der Waals surface area contributed by atoms with Gasteiger partial charge >= 0.3 is 6.03 Å². The Balaban J connectivity index is 1.51. The maximum Gasteiger partial charge on any atom is 0.317 e. The second-order valence-electron chi connectivity index (χ2n) is 6.36. The summed E-state index contributed by atoms with van der Waals surface area (Å²) < 4.78 is 0. The molecule has 1 spiro atoms. The molecular weight excluding hydrogens is 286 g/mol. The predicted octanol–water partition coefficient (Wildman–Crippen LogP) is 1.48. The van der Waals surface area contributed by atoms with Gasteiger partial charge < -0.3 is 15.1 Å². The Labute approximate surface area is 127 Å². The van der Waals surface area contributed by atoms with Gasteiger partial charge in [0, 0.05) is 36.9 Å². The third-order valence-corrected chi connectivity index (χ3v) is 6.22. The maximum absolute atomic E-state index is 12.7. The first-order chi connectivity index (χ1) is 10.1. The molecule has 2 aliphatic heterocycles. The van der Waals surface area contributed by atoms with E-state index in [1.165, 1.54) is 23.3 Å². The monoisotopic (exact) mass is 305 g/mol. The highest BCUT2D eigenvalue weighted by molar-refractivity contribution is 7.10. The van der Waals surface area contributed by atoms with Crippen LogP contribution in [0, 0.1) is 0 Å². The van der Waals surface area contributed by atoms with E-state index in [-0.39, 0.29) is 17.5 Å². The number of likely N-dealkylation sites (tertiary alicyclic amines) is 1. The molecule has 3 amide bonds. The molecule has 112 valence electrons. The lowest BCUT2D eigenvalue weighted by Gasteiger charge is -2.50. The molecule has 4 rings (SSSR count). The summed E-state index contributed by atoms with van der Waals surface area (Å²) in [5, 5.41) is 4.89. The smallest absolute Gasteiger partial charge is 0.317 e. The summed E-state index contributed by atoms with van der Waals surface area (Å²) in [5.74, 6) is 0.146. The number of fused-ring (bicyclic) bond motifs is 1.